The summed E-state index contributed by atoms with van der Waals surface area (Å²) in [6.45, 7) is 2.19. The first-order chi connectivity index (χ1) is 23.2. The van der Waals surface area contributed by atoms with Crippen molar-refractivity contribution in [2.75, 3.05) is 0 Å². The van der Waals surface area contributed by atoms with Crippen LogP contribution in [0.4, 0.5) is 0 Å². The van der Waals surface area contributed by atoms with Crippen LogP contribution in [0.2, 0.25) is 0 Å². The van der Waals surface area contributed by atoms with Crippen LogP contribution in [0.15, 0.2) is 158 Å². The zero-order chi connectivity index (χ0) is 31.6. The fourth-order valence-electron chi connectivity index (χ4n) is 6.30. The average Bonchev–Trinajstić information content (AvgIpc) is 3.58. The molecule has 4 aromatic heterocycles. The molecule has 0 bridgehead atoms. The standard InChI is InChI=1S/C42H31N5/c1-29-12-5-6-17-33(29)34-20-21-41-35(22-25-47(41)32-15-3-2-4-16-32)36(34)27-30-13-11-14-31(26-30)39-28-40(37-18-7-9-23-43-37)46-42(45-39)38-19-8-10-24-44-38/h2-26,28H,27H2,1H3. The van der Waals surface area contributed by atoms with Crippen molar-refractivity contribution in [1.82, 2.24) is 24.5 Å². The highest BCUT2D eigenvalue weighted by Gasteiger charge is 2.17. The van der Waals surface area contributed by atoms with Crippen molar-refractivity contribution in [3.8, 4) is 51.0 Å². The van der Waals surface area contributed by atoms with E-state index >= 15 is 0 Å². The molecule has 0 saturated heterocycles. The maximum atomic E-state index is 5.01. The van der Waals surface area contributed by atoms with E-state index in [4.69, 9.17) is 9.97 Å². The van der Waals surface area contributed by atoms with Gasteiger partial charge in [-0.25, -0.2) is 9.97 Å². The second-order valence-electron chi connectivity index (χ2n) is 11.6. The molecule has 224 valence electrons. The highest BCUT2D eigenvalue weighted by Crippen LogP contribution is 2.36. The Balaban J connectivity index is 1.26. The molecule has 0 amide bonds. The normalized spacial score (nSPS) is 11.2. The van der Waals surface area contributed by atoms with Crippen molar-refractivity contribution in [2.45, 2.75) is 13.3 Å². The van der Waals surface area contributed by atoms with Gasteiger partial charge in [0.1, 0.15) is 5.69 Å². The Hall–Kier alpha value is -6.20. The van der Waals surface area contributed by atoms with E-state index in [1.54, 1.807) is 12.4 Å². The largest absolute Gasteiger partial charge is 0.317 e. The molecule has 0 atom stereocenters. The first kappa shape index (κ1) is 28.3. The van der Waals surface area contributed by atoms with E-state index in [0.717, 1.165) is 40.4 Å². The van der Waals surface area contributed by atoms with Crippen molar-refractivity contribution in [3.05, 3.63) is 175 Å². The van der Waals surface area contributed by atoms with Crippen LogP contribution in [-0.4, -0.2) is 24.5 Å². The Bertz CT molecular complexity index is 2270. The minimum absolute atomic E-state index is 0.572. The van der Waals surface area contributed by atoms with Crippen LogP contribution in [-0.2, 0) is 6.42 Å². The Morgan fingerprint density at radius 2 is 1.30 bits per heavy atom. The van der Waals surface area contributed by atoms with Crippen molar-refractivity contribution in [1.29, 1.82) is 0 Å². The van der Waals surface area contributed by atoms with Crippen molar-refractivity contribution >= 4 is 10.9 Å². The lowest BCUT2D eigenvalue weighted by Crippen LogP contribution is -1.99. The molecule has 0 aliphatic rings. The molecule has 0 aliphatic heterocycles. The summed E-state index contributed by atoms with van der Waals surface area (Å²) in [5.41, 5.74) is 12.7. The quantitative estimate of drug-likeness (QED) is 0.181. The number of pyridine rings is 2. The van der Waals surface area contributed by atoms with E-state index in [0.29, 0.717) is 5.82 Å². The number of aryl methyl sites for hydroxylation is 1. The molecule has 4 aromatic carbocycles. The second kappa shape index (κ2) is 12.3. The zero-order valence-electron chi connectivity index (χ0n) is 26.0. The predicted octanol–water partition coefficient (Wildman–Crippen LogP) is 9.78. The predicted molar refractivity (Wildman–Crippen MR) is 190 cm³/mol. The SMILES string of the molecule is Cc1ccccc1-c1ccc2c(ccn2-c2ccccc2)c1Cc1cccc(-c2cc(-c3ccccn3)nc(-c3ccccn3)n2)c1. The molecule has 0 fully saturated rings. The number of benzene rings is 4. The van der Waals surface area contributed by atoms with Crippen LogP contribution < -0.4 is 0 Å². The first-order valence-electron chi connectivity index (χ1n) is 15.8. The van der Waals surface area contributed by atoms with Gasteiger partial charge in [0.05, 0.1) is 22.6 Å². The molecule has 8 aromatic rings. The van der Waals surface area contributed by atoms with Gasteiger partial charge in [-0.15, -0.1) is 0 Å². The molecule has 0 aliphatic carbocycles. The number of aromatic nitrogens is 5. The lowest BCUT2D eigenvalue weighted by atomic mass is 9.90. The van der Waals surface area contributed by atoms with E-state index in [-0.39, 0.29) is 0 Å². The monoisotopic (exact) mass is 605 g/mol. The van der Waals surface area contributed by atoms with Crippen LogP contribution in [0.1, 0.15) is 16.7 Å². The molecule has 0 N–H and O–H groups in total. The topological polar surface area (TPSA) is 56.5 Å². The summed E-state index contributed by atoms with van der Waals surface area (Å²) in [5, 5.41) is 1.25. The lowest BCUT2D eigenvalue weighted by Gasteiger charge is -2.16. The van der Waals surface area contributed by atoms with Gasteiger partial charge in [-0.1, -0.05) is 78.9 Å². The van der Waals surface area contributed by atoms with E-state index in [1.165, 1.54) is 38.7 Å². The Morgan fingerprint density at radius 3 is 2.09 bits per heavy atom. The van der Waals surface area contributed by atoms with Crippen LogP contribution in [0, 0.1) is 6.92 Å². The van der Waals surface area contributed by atoms with Gasteiger partial charge in [-0.05, 0) is 102 Å². The summed E-state index contributed by atoms with van der Waals surface area (Å²) in [4.78, 5) is 19.0. The van der Waals surface area contributed by atoms with Crippen molar-refractivity contribution < 1.29 is 0 Å². The molecule has 5 heteroatoms. The molecular weight excluding hydrogens is 574 g/mol. The summed E-state index contributed by atoms with van der Waals surface area (Å²) in [6, 6.07) is 48.3. The van der Waals surface area contributed by atoms with E-state index < -0.39 is 0 Å². The summed E-state index contributed by atoms with van der Waals surface area (Å²) in [6.07, 6.45) is 6.50. The number of para-hydroxylation sites is 1. The maximum absolute atomic E-state index is 5.01. The fraction of sp³-hybridized carbons (Fsp3) is 0.0476. The molecule has 47 heavy (non-hydrogen) atoms. The summed E-state index contributed by atoms with van der Waals surface area (Å²) >= 11 is 0. The van der Waals surface area contributed by atoms with Gasteiger partial charge in [0.2, 0.25) is 0 Å². The highest BCUT2D eigenvalue weighted by molar-refractivity contribution is 5.92. The van der Waals surface area contributed by atoms with Gasteiger partial charge in [0, 0.05) is 35.2 Å². The highest BCUT2D eigenvalue weighted by atomic mass is 15.0. The molecule has 4 heterocycles. The number of rotatable bonds is 7. The second-order valence-corrected chi connectivity index (χ2v) is 11.6. The van der Waals surface area contributed by atoms with Crippen molar-refractivity contribution in [2.24, 2.45) is 0 Å². The third-order valence-corrected chi connectivity index (χ3v) is 8.60. The van der Waals surface area contributed by atoms with E-state index in [9.17, 15) is 0 Å². The minimum atomic E-state index is 0.572. The van der Waals surface area contributed by atoms with Gasteiger partial charge in [0.25, 0.3) is 0 Å². The Kier molecular flexibility index (Phi) is 7.40. The summed E-state index contributed by atoms with van der Waals surface area (Å²) in [7, 11) is 0. The number of nitrogens with zero attached hydrogens (tertiary/aromatic N) is 5. The fourth-order valence-corrected chi connectivity index (χ4v) is 6.30. The zero-order valence-corrected chi connectivity index (χ0v) is 26.0. The molecular formula is C42H31N5. The molecule has 5 nitrogen and oxygen atoms in total. The van der Waals surface area contributed by atoms with Crippen LogP contribution in [0.3, 0.4) is 0 Å². The smallest absolute Gasteiger partial charge is 0.179 e. The third kappa shape index (κ3) is 5.60. The maximum Gasteiger partial charge on any atom is 0.179 e. The van der Waals surface area contributed by atoms with Crippen LogP contribution >= 0.6 is 0 Å². The van der Waals surface area contributed by atoms with E-state index in [1.807, 2.05) is 42.5 Å². The summed E-state index contributed by atoms with van der Waals surface area (Å²) < 4.78 is 2.27. The molecule has 0 radical (unpaired) electrons. The van der Waals surface area contributed by atoms with Gasteiger partial charge < -0.3 is 4.57 Å². The molecule has 0 spiro atoms. The molecule has 8 rings (SSSR count). The van der Waals surface area contributed by atoms with Gasteiger partial charge in [0.15, 0.2) is 5.82 Å². The van der Waals surface area contributed by atoms with Gasteiger partial charge in [-0.3, -0.25) is 9.97 Å². The van der Waals surface area contributed by atoms with E-state index in [2.05, 4.69) is 125 Å². The first-order valence-corrected chi connectivity index (χ1v) is 15.8. The minimum Gasteiger partial charge on any atom is -0.317 e. The van der Waals surface area contributed by atoms with Gasteiger partial charge >= 0.3 is 0 Å². The van der Waals surface area contributed by atoms with Crippen LogP contribution in [0.25, 0.3) is 61.9 Å². The lowest BCUT2D eigenvalue weighted by molar-refractivity contribution is 1.12. The molecule has 0 unspecified atom stereocenters. The summed E-state index contributed by atoms with van der Waals surface area (Å²) in [5.74, 6) is 0.572. The third-order valence-electron chi connectivity index (χ3n) is 8.60. The number of fused-ring (bicyclic) bond motifs is 1. The van der Waals surface area contributed by atoms with Gasteiger partial charge in [-0.2, -0.15) is 0 Å². The average molecular weight is 606 g/mol. The van der Waals surface area contributed by atoms with Crippen molar-refractivity contribution in [3.63, 3.8) is 0 Å². The molecule has 0 saturated carbocycles. The van der Waals surface area contributed by atoms with Crippen LogP contribution in [0.5, 0.6) is 0 Å². The Labute approximate surface area is 273 Å². The number of hydrogen-bond donors (Lipinski definition) is 0. The number of hydrogen-bond acceptors (Lipinski definition) is 4. The Morgan fingerprint density at radius 1 is 0.553 bits per heavy atom.